The van der Waals surface area contributed by atoms with Crippen LogP contribution in [-0.2, 0) is 0 Å². The average molecular weight is 208 g/mol. The van der Waals surface area contributed by atoms with Crippen molar-refractivity contribution < 1.29 is 0 Å². The van der Waals surface area contributed by atoms with Crippen molar-refractivity contribution in [2.75, 3.05) is 32.7 Å². The van der Waals surface area contributed by atoms with E-state index < -0.39 is 0 Å². The van der Waals surface area contributed by atoms with Crippen LogP contribution in [-0.4, -0.2) is 37.6 Å². The molecular weight excluding hydrogens is 184 g/mol. The molecule has 0 atom stereocenters. The van der Waals surface area contributed by atoms with Gasteiger partial charge in [-0.25, -0.2) is 0 Å². The number of likely N-dealkylation sites (tertiary alicyclic amines) is 1. The summed E-state index contributed by atoms with van der Waals surface area (Å²) in [5.74, 6) is 0. The summed E-state index contributed by atoms with van der Waals surface area (Å²) in [6, 6.07) is 0. The molecule has 0 aromatic heterocycles. The number of rotatable bonds is 2. The molecule has 2 fully saturated rings. The van der Waals surface area contributed by atoms with Gasteiger partial charge in [0.25, 0.3) is 0 Å². The van der Waals surface area contributed by atoms with E-state index >= 15 is 0 Å². The van der Waals surface area contributed by atoms with Gasteiger partial charge in [0, 0.05) is 26.2 Å². The van der Waals surface area contributed by atoms with Crippen molar-refractivity contribution >= 4 is 0 Å². The molecule has 0 aliphatic carbocycles. The fourth-order valence-corrected chi connectivity index (χ4v) is 2.68. The van der Waals surface area contributed by atoms with Crippen molar-refractivity contribution in [3.05, 3.63) is 11.1 Å². The van der Waals surface area contributed by atoms with Crippen LogP contribution in [0.5, 0.6) is 0 Å². The predicted molar refractivity (Wildman–Crippen MR) is 65.0 cm³/mol. The zero-order valence-electron chi connectivity index (χ0n) is 10.4. The van der Waals surface area contributed by atoms with Gasteiger partial charge in [-0.2, -0.15) is 0 Å². The summed E-state index contributed by atoms with van der Waals surface area (Å²) in [5, 5.41) is 3.32. The first kappa shape index (κ1) is 11.2. The molecule has 0 aromatic rings. The van der Waals surface area contributed by atoms with Gasteiger partial charge in [0.05, 0.1) is 0 Å². The van der Waals surface area contributed by atoms with Gasteiger partial charge in [0.15, 0.2) is 0 Å². The summed E-state index contributed by atoms with van der Waals surface area (Å²) in [6.45, 7) is 13.1. The molecule has 0 radical (unpaired) electrons. The van der Waals surface area contributed by atoms with Crippen LogP contribution in [0, 0.1) is 5.41 Å². The third kappa shape index (κ3) is 2.82. The van der Waals surface area contributed by atoms with Gasteiger partial charge < -0.3 is 5.32 Å². The first-order chi connectivity index (χ1) is 7.07. The Kier molecular flexibility index (Phi) is 3.17. The molecule has 0 bridgehead atoms. The van der Waals surface area contributed by atoms with Crippen LogP contribution in [0.4, 0.5) is 0 Å². The van der Waals surface area contributed by atoms with Gasteiger partial charge in [-0.3, -0.25) is 4.90 Å². The van der Waals surface area contributed by atoms with Crippen molar-refractivity contribution in [1.29, 1.82) is 0 Å². The summed E-state index contributed by atoms with van der Waals surface area (Å²) in [5.41, 5.74) is 3.77. The summed E-state index contributed by atoms with van der Waals surface area (Å²) < 4.78 is 0. The maximum absolute atomic E-state index is 3.32. The zero-order valence-corrected chi connectivity index (χ0v) is 10.4. The molecule has 2 aliphatic rings. The molecule has 2 aliphatic heterocycles. The monoisotopic (exact) mass is 208 g/mol. The highest BCUT2D eigenvalue weighted by molar-refractivity contribution is 5.22. The van der Waals surface area contributed by atoms with E-state index in [0.717, 1.165) is 13.1 Å². The van der Waals surface area contributed by atoms with Crippen LogP contribution in [0.15, 0.2) is 11.1 Å². The fourth-order valence-electron chi connectivity index (χ4n) is 2.68. The Labute approximate surface area is 93.7 Å². The van der Waals surface area contributed by atoms with Crippen molar-refractivity contribution in [3.8, 4) is 0 Å². The summed E-state index contributed by atoms with van der Waals surface area (Å²) in [4.78, 5) is 2.63. The van der Waals surface area contributed by atoms with Crippen LogP contribution in [0.25, 0.3) is 0 Å². The molecule has 0 unspecified atom stereocenters. The third-order valence-corrected chi connectivity index (χ3v) is 3.72. The van der Waals surface area contributed by atoms with Crippen LogP contribution in [0.2, 0.25) is 0 Å². The van der Waals surface area contributed by atoms with Gasteiger partial charge >= 0.3 is 0 Å². The fraction of sp³-hybridized carbons (Fsp3) is 0.846. The molecule has 15 heavy (non-hydrogen) atoms. The van der Waals surface area contributed by atoms with Gasteiger partial charge in [-0.05, 0) is 37.3 Å². The van der Waals surface area contributed by atoms with E-state index in [9.17, 15) is 0 Å². The number of hydrogen-bond acceptors (Lipinski definition) is 2. The van der Waals surface area contributed by atoms with E-state index in [1.807, 2.05) is 0 Å². The second-order valence-corrected chi connectivity index (χ2v) is 5.97. The molecule has 0 aromatic carbocycles. The van der Waals surface area contributed by atoms with Gasteiger partial charge in [-0.15, -0.1) is 0 Å². The summed E-state index contributed by atoms with van der Waals surface area (Å²) in [7, 11) is 0. The van der Waals surface area contributed by atoms with E-state index in [1.165, 1.54) is 32.5 Å². The van der Waals surface area contributed by atoms with Crippen LogP contribution >= 0.6 is 0 Å². The minimum atomic E-state index is 0.529. The SMILES string of the molecule is CC(CN1CCCC(C)(C)C1)=C1CNC1. The molecule has 2 heterocycles. The predicted octanol–water partition coefficient (Wildman–Crippen LogP) is 2.03. The normalized spacial score (nSPS) is 26.2. The summed E-state index contributed by atoms with van der Waals surface area (Å²) >= 11 is 0. The van der Waals surface area contributed by atoms with E-state index in [1.54, 1.807) is 11.1 Å². The highest BCUT2D eigenvalue weighted by Crippen LogP contribution is 2.28. The van der Waals surface area contributed by atoms with E-state index in [0.29, 0.717) is 5.41 Å². The van der Waals surface area contributed by atoms with Crippen LogP contribution < -0.4 is 5.32 Å². The molecule has 0 spiro atoms. The largest absolute Gasteiger partial charge is 0.309 e. The average Bonchev–Trinajstić information content (AvgIpc) is 1.97. The first-order valence-corrected chi connectivity index (χ1v) is 6.17. The third-order valence-electron chi connectivity index (χ3n) is 3.72. The van der Waals surface area contributed by atoms with Crippen molar-refractivity contribution in [2.45, 2.75) is 33.6 Å². The zero-order chi connectivity index (χ0) is 10.9. The quantitative estimate of drug-likeness (QED) is 0.699. The Morgan fingerprint density at radius 3 is 2.67 bits per heavy atom. The van der Waals surface area contributed by atoms with Crippen molar-refractivity contribution in [1.82, 2.24) is 10.2 Å². The second kappa shape index (κ2) is 4.26. The van der Waals surface area contributed by atoms with Gasteiger partial charge in [0.2, 0.25) is 0 Å². The number of nitrogens with one attached hydrogen (secondary N) is 1. The molecule has 86 valence electrons. The highest BCUT2D eigenvalue weighted by atomic mass is 15.1. The van der Waals surface area contributed by atoms with E-state index in [4.69, 9.17) is 0 Å². The molecule has 2 saturated heterocycles. The van der Waals surface area contributed by atoms with Crippen LogP contribution in [0.3, 0.4) is 0 Å². The molecule has 0 amide bonds. The Balaban J connectivity index is 1.89. The Morgan fingerprint density at radius 2 is 2.13 bits per heavy atom. The van der Waals surface area contributed by atoms with Gasteiger partial charge in [0.1, 0.15) is 0 Å². The minimum absolute atomic E-state index is 0.529. The lowest BCUT2D eigenvalue weighted by Crippen LogP contribution is -2.42. The molecule has 2 nitrogen and oxygen atoms in total. The number of piperidine rings is 1. The standard InChI is InChI=1S/C13H24N2/c1-11(12-7-14-8-12)9-15-6-4-5-13(2,3)10-15/h14H,4-10H2,1-3H3. The Morgan fingerprint density at radius 1 is 1.40 bits per heavy atom. The molecule has 0 saturated carbocycles. The molecule has 2 heteroatoms. The van der Waals surface area contributed by atoms with Crippen molar-refractivity contribution in [3.63, 3.8) is 0 Å². The maximum Gasteiger partial charge on any atom is 0.0193 e. The number of hydrogen-bond donors (Lipinski definition) is 1. The molecule has 1 N–H and O–H groups in total. The molecular formula is C13H24N2. The maximum atomic E-state index is 3.32. The van der Waals surface area contributed by atoms with Crippen molar-refractivity contribution in [2.24, 2.45) is 5.41 Å². The summed E-state index contributed by atoms with van der Waals surface area (Å²) in [6.07, 6.45) is 2.76. The van der Waals surface area contributed by atoms with Gasteiger partial charge in [-0.1, -0.05) is 19.4 Å². The highest BCUT2D eigenvalue weighted by Gasteiger charge is 2.26. The Hall–Kier alpha value is -0.340. The minimum Gasteiger partial charge on any atom is -0.309 e. The smallest absolute Gasteiger partial charge is 0.0193 e. The topological polar surface area (TPSA) is 15.3 Å². The lowest BCUT2D eigenvalue weighted by Gasteiger charge is -2.39. The lowest BCUT2D eigenvalue weighted by atomic mass is 9.84. The lowest BCUT2D eigenvalue weighted by molar-refractivity contribution is 0.126. The van der Waals surface area contributed by atoms with Crippen LogP contribution in [0.1, 0.15) is 33.6 Å². The molecule has 2 rings (SSSR count). The van der Waals surface area contributed by atoms with E-state index in [2.05, 4.69) is 31.0 Å². The second-order valence-electron chi connectivity index (χ2n) is 5.97. The number of nitrogens with zero attached hydrogens (tertiary/aromatic N) is 1. The Bertz CT molecular complexity index is 260. The first-order valence-electron chi connectivity index (χ1n) is 6.17. The van der Waals surface area contributed by atoms with E-state index in [-0.39, 0.29) is 0 Å².